The van der Waals surface area contributed by atoms with Crippen LogP contribution in [0.3, 0.4) is 0 Å². The fraction of sp³-hybridized carbons (Fsp3) is 0.571. The summed E-state index contributed by atoms with van der Waals surface area (Å²) in [7, 11) is 0. The van der Waals surface area contributed by atoms with Gasteiger partial charge in [0.1, 0.15) is 0 Å². The lowest BCUT2D eigenvalue weighted by atomic mass is 9.99. The largest absolute Gasteiger partial charge is 0.310 e. The van der Waals surface area contributed by atoms with Gasteiger partial charge in [-0.05, 0) is 49.7 Å². The minimum absolute atomic E-state index is 0.790. The van der Waals surface area contributed by atoms with Crippen LogP contribution in [-0.2, 0) is 13.0 Å². The molecule has 2 aliphatic rings. The van der Waals surface area contributed by atoms with Gasteiger partial charge in [-0.25, -0.2) is 0 Å². The highest BCUT2D eigenvalue weighted by Crippen LogP contribution is 2.35. The maximum atomic E-state index is 3.72. The summed E-state index contributed by atoms with van der Waals surface area (Å²) in [6.45, 7) is 3.27. The molecule has 0 radical (unpaired) electrons. The SMILES string of the molecule is Cc1ccc2c(c1)CC[C@@H](C1CC1)NC2. The van der Waals surface area contributed by atoms with Gasteiger partial charge in [0.15, 0.2) is 0 Å². The van der Waals surface area contributed by atoms with E-state index in [-0.39, 0.29) is 0 Å². The molecule has 15 heavy (non-hydrogen) atoms. The lowest BCUT2D eigenvalue weighted by molar-refractivity contribution is 0.447. The second-order valence-corrected chi connectivity index (χ2v) is 5.14. The summed E-state index contributed by atoms with van der Waals surface area (Å²) in [4.78, 5) is 0. The second kappa shape index (κ2) is 3.64. The molecule has 1 aliphatic carbocycles. The maximum absolute atomic E-state index is 3.72. The van der Waals surface area contributed by atoms with E-state index in [0.29, 0.717) is 0 Å². The molecule has 0 amide bonds. The van der Waals surface area contributed by atoms with Crippen molar-refractivity contribution in [2.24, 2.45) is 5.92 Å². The average Bonchev–Trinajstić information content (AvgIpc) is 3.01. The van der Waals surface area contributed by atoms with Crippen LogP contribution >= 0.6 is 0 Å². The second-order valence-electron chi connectivity index (χ2n) is 5.14. The third-order valence-electron chi connectivity index (χ3n) is 3.83. The molecule has 1 nitrogen and oxygen atoms in total. The van der Waals surface area contributed by atoms with Gasteiger partial charge in [0, 0.05) is 12.6 Å². The quantitative estimate of drug-likeness (QED) is 0.736. The fourth-order valence-electron chi connectivity index (χ4n) is 2.71. The van der Waals surface area contributed by atoms with Crippen molar-refractivity contribution in [3.63, 3.8) is 0 Å². The number of rotatable bonds is 1. The summed E-state index contributed by atoms with van der Waals surface area (Å²) in [5.41, 5.74) is 4.49. The predicted octanol–water partition coefficient (Wildman–Crippen LogP) is 2.81. The Bertz CT molecular complexity index is 366. The van der Waals surface area contributed by atoms with Crippen molar-refractivity contribution in [1.82, 2.24) is 5.32 Å². The van der Waals surface area contributed by atoms with Crippen molar-refractivity contribution < 1.29 is 0 Å². The molecule has 80 valence electrons. The molecule has 3 rings (SSSR count). The van der Waals surface area contributed by atoms with Crippen molar-refractivity contribution in [3.8, 4) is 0 Å². The Labute approximate surface area is 91.9 Å². The predicted molar refractivity (Wildman–Crippen MR) is 62.9 cm³/mol. The zero-order valence-electron chi connectivity index (χ0n) is 9.42. The Balaban J connectivity index is 1.81. The Hall–Kier alpha value is -0.820. The van der Waals surface area contributed by atoms with Crippen LogP contribution < -0.4 is 5.32 Å². The van der Waals surface area contributed by atoms with Gasteiger partial charge in [-0.2, -0.15) is 0 Å². The summed E-state index contributed by atoms with van der Waals surface area (Å²) >= 11 is 0. The monoisotopic (exact) mass is 201 g/mol. The molecular weight excluding hydrogens is 182 g/mol. The Kier molecular flexibility index (Phi) is 2.28. The van der Waals surface area contributed by atoms with Crippen LogP contribution in [0.15, 0.2) is 18.2 Å². The Morgan fingerprint density at radius 2 is 2.00 bits per heavy atom. The van der Waals surface area contributed by atoms with Crippen LogP contribution in [0, 0.1) is 12.8 Å². The van der Waals surface area contributed by atoms with Crippen LogP contribution in [0.25, 0.3) is 0 Å². The molecule has 0 spiro atoms. The van der Waals surface area contributed by atoms with Crippen LogP contribution in [0.4, 0.5) is 0 Å². The van der Waals surface area contributed by atoms with E-state index in [9.17, 15) is 0 Å². The van der Waals surface area contributed by atoms with Crippen LogP contribution in [0.1, 0.15) is 36.0 Å². The number of nitrogens with one attached hydrogen (secondary N) is 1. The topological polar surface area (TPSA) is 12.0 Å². The highest BCUT2D eigenvalue weighted by molar-refractivity contribution is 5.32. The van der Waals surface area contributed by atoms with Gasteiger partial charge in [0.25, 0.3) is 0 Å². The van der Waals surface area contributed by atoms with Crippen LogP contribution in [0.2, 0.25) is 0 Å². The Morgan fingerprint density at radius 3 is 2.80 bits per heavy atom. The average molecular weight is 201 g/mol. The number of hydrogen-bond acceptors (Lipinski definition) is 1. The molecule has 1 aromatic carbocycles. The van der Waals surface area contributed by atoms with E-state index < -0.39 is 0 Å². The molecule has 1 heterocycles. The van der Waals surface area contributed by atoms with Crippen molar-refractivity contribution in [2.45, 2.75) is 45.2 Å². The highest BCUT2D eigenvalue weighted by atomic mass is 14.9. The molecule has 1 aromatic rings. The fourth-order valence-corrected chi connectivity index (χ4v) is 2.71. The van der Waals surface area contributed by atoms with E-state index >= 15 is 0 Å². The molecule has 1 atom stereocenters. The summed E-state index contributed by atoms with van der Waals surface area (Å²) < 4.78 is 0. The van der Waals surface area contributed by atoms with Gasteiger partial charge >= 0.3 is 0 Å². The molecule has 0 unspecified atom stereocenters. The smallest absolute Gasteiger partial charge is 0.0210 e. The number of benzene rings is 1. The molecule has 0 bridgehead atoms. The van der Waals surface area contributed by atoms with E-state index in [2.05, 4.69) is 30.4 Å². The summed E-state index contributed by atoms with van der Waals surface area (Å²) in [5, 5.41) is 3.72. The van der Waals surface area contributed by atoms with Crippen LogP contribution in [-0.4, -0.2) is 6.04 Å². The first-order chi connectivity index (χ1) is 7.33. The first-order valence-corrected chi connectivity index (χ1v) is 6.15. The van der Waals surface area contributed by atoms with E-state index in [1.54, 1.807) is 5.56 Å². The van der Waals surface area contributed by atoms with E-state index in [0.717, 1.165) is 18.5 Å². The van der Waals surface area contributed by atoms with Gasteiger partial charge in [-0.3, -0.25) is 0 Å². The van der Waals surface area contributed by atoms with Crippen molar-refractivity contribution >= 4 is 0 Å². The van der Waals surface area contributed by atoms with Crippen molar-refractivity contribution in [3.05, 3.63) is 34.9 Å². The van der Waals surface area contributed by atoms with Gasteiger partial charge in [0.05, 0.1) is 0 Å². The van der Waals surface area contributed by atoms with Gasteiger partial charge in [-0.1, -0.05) is 23.8 Å². The summed E-state index contributed by atoms with van der Waals surface area (Å²) in [6.07, 6.45) is 5.51. The number of fused-ring (bicyclic) bond motifs is 1. The minimum Gasteiger partial charge on any atom is -0.310 e. The molecule has 1 saturated carbocycles. The van der Waals surface area contributed by atoms with E-state index in [1.165, 1.54) is 36.8 Å². The lowest BCUT2D eigenvalue weighted by Crippen LogP contribution is -2.29. The highest BCUT2D eigenvalue weighted by Gasteiger charge is 2.31. The molecule has 1 N–H and O–H groups in total. The van der Waals surface area contributed by atoms with Gasteiger partial charge in [0.2, 0.25) is 0 Å². The van der Waals surface area contributed by atoms with E-state index in [4.69, 9.17) is 0 Å². The first-order valence-electron chi connectivity index (χ1n) is 6.15. The minimum atomic E-state index is 0.790. The number of aryl methyl sites for hydroxylation is 2. The number of hydrogen-bond donors (Lipinski definition) is 1. The van der Waals surface area contributed by atoms with Gasteiger partial charge in [-0.15, -0.1) is 0 Å². The molecule has 1 aliphatic heterocycles. The van der Waals surface area contributed by atoms with E-state index in [1.807, 2.05) is 0 Å². The third kappa shape index (κ3) is 1.93. The third-order valence-corrected chi connectivity index (χ3v) is 3.83. The molecule has 0 aromatic heterocycles. The first kappa shape index (κ1) is 9.41. The van der Waals surface area contributed by atoms with Crippen molar-refractivity contribution in [1.29, 1.82) is 0 Å². The van der Waals surface area contributed by atoms with Crippen LogP contribution in [0.5, 0.6) is 0 Å². The molecule has 0 saturated heterocycles. The lowest BCUT2D eigenvalue weighted by Gasteiger charge is -2.13. The van der Waals surface area contributed by atoms with Crippen molar-refractivity contribution in [2.75, 3.05) is 0 Å². The zero-order valence-corrected chi connectivity index (χ0v) is 9.42. The molecule has 1 heteroatoms. The Morgan fingerprint density at radius 1 is 1.13 bits per heavy atom. The summed E-state index contributed by atoms with van der Waals surface area (Å²) in [5.74, 6) is 0.986. The maximum Gasteiger partial charge on any atom is 0.0210 e. The standard InChI is InChI=1S/C14H19N/c1-10-2-3-13-9-15-14(11-4-5-11)7-6-12(13)8-10/h2-3,8,11,14-15H,4-7,9H2,1H3/t14-/m0/s1. The van der Waals surface area contributed by atoms with Gasteiger partial charge < -0.3 is 5.32 Å². The normalized spacial score (nSPS) is 25.8. The molecule has 1 fully saturated rings. The summed E-state index contributed by atoms with van der Waals surface area (Å²) in [6, 6.07) is 7.69. The molecular formula is C14H19N. The zero-order chi connectivity index (χ0) is 10.3.